The molecule has 0 aliphatic rings. The third kappa shape index (κ3) is 12.3. The highest BCUT2D eigenvalue weighted by molar-refractivity contribution is 7.91. The van der Waals surface area contributed by atoms with E-state index in [-0.39, 0.29) is 49.2 Å². The molecular formula is C59H46F3NO16S2. The number of sulfone groups is 2. The number of nitrogens with one attached hydrogen (secondary N) is 1. The lowest BCUT2D eigenvalue weighted by Crippen LogP contribution is -2.41. The zero-order valence-corrected chi connectivity index (χ0v) is 44.5. The molecule has 1 atom stereocenters. The summed E-state index contributed by atoms with van der Waals surface area (Å²) in [7, 11) is -8.23. The molecule has 17 nitrogen and oxygen atoms in total. The van der Waals surface area contributed by atoms with Gasteiger partial charge in [0.25, 0.3) is 5.91 Å². The smallest absolute Gasteiger partial charge is 0.402 e. The van der Waals surface area contributed by atoms with E-state index in [0.717, 1.165) is 48.0 Å². The van der Waals surface area contributed by atoms with Crippen LogP contribution in [0.25, 0.3) is 0 Å². The molecule has 0 bridgehead atoms. The highest BCUT2D eigenvalue weighted by Crippen LogP contribution is 2.47. The number of aromatic carboxylic acids is 4. The van der Waals surface area contributed by atoms with Crippen LogP contribution in [-0.4, -0.2) is 90.6 Å². The van der Waals surface area contributed by atoms with Gasteiger partial charge in [0, 0.05) is 41.6 Å². The molecule has 0 saturated carbocycles. The number of carbonyl (C=O) groups excluding carboxylic acids is 4. The lowest BCUT2D eigenvalue weighted by atomic mass is 9.73. The van der Waals surface area contributed by atoms with Crippen LogP contribution >= 0.6 is 0 Å². The quantitative estimate of drug-likeness (QED) is 0.0418. The summed E-state index contributed by atoms with van der Waals surface area (Å²) in [4.78, 5) is 101. The van der Waals surface area contributed by atoms with Gasteiger partial charge >= 0.3 is 30.1 Å². The third-order valence-electron chi connectivity index (χ3n) is 13.5. The fourth-order valence-electron chi connectivity index (χ4n) is 8.80. The van der Waals surface area contributed by atoms with Crippen LogP contribution in [0.4, 0.5) is 18.9 Å². The maximum atomic E-state index is 15.5. The lowest BCUT2D eigenvalue weighted by Gasteiger charge is -2.34. The minimum Gasteiger partial charge on any atom is -0.478 e. The van der Waals surface area contributed by atoms with E-state index >= 15 is 13.2 Å². The van der Waals surface area contributed by atoms with Crippen molar-refractivity contribution in [1.82, 2.24) is 0 Å². The number of amides is 1. The first-order valence-electron chi connectivity index (χ1n) is 24.2. The summed E-state index contributed by atoms with van der Waals surface area (Å²) < 4.78 is 100. The molecule has 416 valence electrons. The number of benzene rings is 7. The molecule has 7 aromatic rings. The molecule has 0 radical (unpaired) electrons. The molecule has 1 amide bonds. The summed E-state index contributed by atoms with van der Waals surface area (Å²) in [6.45, 7) is 3.93. The van der Waals surface area contributed by atoms with Crippen molar-refractivity contribution in [1.29, 1.82) is 0 Å². The fraction of sp³-hybridized carbons (Fsp3) is 0.153. The molecule has 0 heterocycles. The van der Waals surface area contributed by atoms with Crippen molar-refractivity contribution < 1.29 is 88.8 Å². The molecule has 81 heavy (non-hydrogen) atoms. The average molecular weight is 1150 g/mol. The highest BCUT2D eigenvalue weighted by atomic mass is 32.2. The third-order valence-corrected chi connectivity index (χ3v) is 17.1. The SMILES string of the molecule is CCC(=O)c1cc(C(=O)Cc2ccc(S(=O)(=O)c3ccc(CCC(=O)c4cc(C(C)(c5ccc(C(=O)O)c(C(=O)Nc6ccc(S(=O)(=O)c7ccc(C)cc7)cc6)c5)C(F)(F)F)ccc4C(=O)O)cc3)cc2)c(C(=O)O)cc1C(=O)O. The van der Waals surface area contributed by atoms with Crippen LogP contribution < -0.4 is 5.32 Å². The monoisotopic (exact) mass is 1150 g/mol. The van der Waals surface area contributed by atoms with Gasteiger partial charge < -0.3 is 25.7 Å². The largest absolute Gasteiger partial charge is 0.478 e. The maximum Gasteiger partial charge on any atom is 0.402 e. The first-order valence-corrected chi connectivity index (χ1v) is 27.2. The molecule has 0 saturated heterocycles. The molecule has 0 fully saturated rings. The van der Waals surface area contributed by atoms with Crippen LogP contribution in [0.15, 0.2) is 165 Å². The van der Waals surface area contributed by atoms with E-state index in [1.807, 2.05) is 0 Å². The number of anilines is 1. The highest BCUT2D eigenvalue weighted by Gasteiger charge is 2.54. The first-order chi connectivity index (χ1) is 38.0. The predicted octanol–water partition coefficient (Wildman–Crippen LogP) is 10.4. The Bertz CT molecular complexity index is 3970. The van der Waals surface area contributed by atoms with Crippen LogP contribution in [0.2, 0.25) is 0 Å². The number of carbonyl (C=O) groups is 8. The second kappa shape index (κ2) is 23.1. The van der Waals surface area contributed by atoms with Gasteiger partial charge in [0.1, 0.15) is 5.41 Å². The Morgan fingerprint density at radius 3 is 1.28 bits per heavy atom. The van der Waals surface area contributed by atoms with E-state index in [9.17, 15) is 75.6 Å². The Labute approximate surface area is 460 Å². The zero-order valence-electron chi connectivity index (χ0n) is 42.8. The molecule has 0 spiro atoms. The maximum absolute atomic E-state index is 15.5. The van der Waals surface area contributed by atoms with E-state index < -0.39 is 141 Å². The normalized spacial score (nSPS) is 12.4. The number of aryl methyl sites for hydroxylation is 2. The van der Waals surface area contributed by atoms with Crippen LogP contribution in [0.3, 0.4) is 0 Å². The molecule has 7 rings (SSSR count). The average Bonchev–Trinajstić information content (AvgIpc) is 3.46. The Morgan fingerprint density at radius 2 is 0.840 bits per heavy atom. The molecule has 22 heteroatoms. The van der Waals surface area contributed by atoms with Gasteiger partial charge in [-0.2, -0.15) is 13.2 Å². The van der Waals surface area contributed by atoms with Crippen molar-refractivity contribution in [3.8, 4) is 0 Å². The van der Waals surface area contributed by atoms with Gasteiger partial charge in [0.2, 0.25) is 19.7 Å². The molecule has 7 aromatic carbocycles. The summed E-state index contributed by atoms with van der Waals surface area (Å²) in [6.07, 6.45) is -6.48. The number of carboxylic acid groups (broad SMARTS) is 4. The summed E-state index contributed by atoms with van der Waals surface area (Å²) in [5, 5.41) is 41.8. The molecule has 0 aromatic heterocycles. The van der Waals surface area contributed by atoms with Crippen LogP contribution in [0, 0.1) is 6.92 Å². The van der Waals surface area contributed by atoms with Gasteiger partial charge in [0.15, 0.2) is 17.3 Å². The van der Waals surface area contributed by atoms with Crippen molar-refractivity contribution in [2.45, 2.75) is 77.6 Å². The van der Waals surface area contributed by atoms with E-state index in [0.29, 0.717) is 18.6 Å². The lowest BCUT2D eigenvalue weighted by molar-refractivity contribution is -0.173. The number of hydrogen-bond acceptors (Lipinski definition) is 12. The number of halogens is 3. The van der Waals surface area contributed by atoms with Gasteiger partial charge in [-0.25, -0.2) is 36.0 Å². The summed E-state index contributed by atoms with van der Waals surface area (Å²) >= 11 is 0. The second-order valence-corrected chi connectivity index (χ2v) is 22.6. The van der Waals surface area contributed by atoms with Crippen LogP contribution in [0.1, 0.15) is 137 Å². The summed E-state index contributed by atoms with van der Waals surface area (Å²) in [5.41, 5.74) is -7.80. The van der Waals surface area contributed by atoms with Crippen LogP contribution in [0.5, 0.6) is 0 Å². The van der Waals surface area contributed by atoms with Crippen molar-refractivity contribution in [2.24, 2.45) is 0 Å². The Balaban J connectivity index is 1.09. The summed E-state index contributed by atoms with van der Waals surface area (Å²) in [5.74, 6) is -10.1. The van der Waals surface area contributed by atoms with E-state index in [4.69, 9.17) is 0 Å². The van der Waals surface area contributed by atoms with Crippen molar-refractivity contribution >= 4 is 72.5 Å². The zero-order chi connectivity index (χ0) is 59.5. The fourth-order valence-corrected chi connectivity index (χ4v) is 11.3. The Kier molecular flexibility index (Phi) is 16.9. The Morgan fingerprint density at radius 1 is 0.457 bits per heavy atom. The number of carboxylic acids is 4. The van der Waals surface area contributed by atoms with E-state index in [2.05, 4.69) is 5.32 Å². The number of rotatable bonds is 21. The molecule has 5 N–H and O–H groups in total. The van der Waals surface area contributed by atoms with Crippen molar-refractivity contribution in [3.63, 3.8) is 0 Å². The molecular weight excluding hydrogens is 1100 g/mol. The molecule has 0 aliphatic carbocycles. The standard InChI is InChI=1S/C59H46F3NO16S2/c1-4-50(64)45-30-46(49(57(74)75)31-48(45)56(72)73)52(66)27-34-9-20-40(21-10-34)81(78,79)39-18-7-33(8-19-39)11-26-51(65)44-28-35(12-24-42(44)54(68)69)58(3,59(60,61)62)36-13-25-43(55(70)71)47(29-36)53(67)63-37-14-22-41(23-15-37)80(76,77)38-16-5-32(2)6-17-38/h5-10,12-25,28-31H,4,11,26-27H2,1-3H3,(H,63,67)(H,68,69)(H,70,71)(H,72,73)(H,74,75). The topological polar surface area (TPSA) is 298 Å². The number of alkyl halides is 3. The van der Waals surface area contributed by atoms with Gasteiger partial charge in [-0.15, -0.1) is 0 Å². The van der Waals surface area contributed by atoms with Gasteiger partial charge in [-0.1, -0.05) is 61.0 Å². The van der Waals surface area contributed by atoms with Crippen molar-refractivity contribution in [2.75, 3.05) is 5.32 Å². The number of Topliss-reactive ketones (excluding diaryl/α,β-unsaturated/α-hetero) is 3. The minimum atomic E-state index is -5.24. The first kappa shape index (κ1) is 59.3. The molecule has 0 aliphatic heterocycles. The van der Waals surface area contributed by atoms with E-state index in [1.165, 1.54) is 91.9 Å². The second-order valence-electron chi connectivity index (χ2n) is 18.7. The Hall–Kier alpha value is -9.41. The number of hydrogen-bond donors (Lipinski definition) is 5. The molecule has 1 unspecified atom stereocenters. The predicted molar refractivity (Wildman–Crippen MR) is 284 cm³/mol. The van der Waals surface area contributed by atoms with Gasteiger partial charge in [-0.05, 0) is 140 Å². The number of ketones is 3. The van der Waals surface area contributed by atoms with Crippen molar-refractivity contribution in [3.05, 3.63) is 218 Å². The van der Waals surface area contributed by atoms with Crippen LogP contribution in [-0.2, 0) is 37.9 Å². The van der Waals surface area contributed by atoms with Gasteiger partial charge in [0.05, 0.1) is 47.4 Å². The summed E-state index contributed by atoms with van der Waals surface area (Å²) in [6, 6.07) is 27.3. The van der Waals surface area contributed by atoms with E-state index in [1.54, 1.807) is 19.1 Å². The van der Waals surface area contributed by atoms with Gasteiger partial charge in [-0.3, -0.25) is 19.2 Å². The minimum absolute atomic E-state index is 0.00767.